The number of hydrogen-bond donors (Lipinski definition) is 3. The lowest BCUT2D eigenvalue weighted by Crippen LogP contribution is -2.30. The molecule has 0 radical (unpaired) electrons. The molecule has 0 fully saturated rings. The Morgan fingerprint density at radius 3 is 0.768 bits per heavy atom. The number of phosphoric ester groups is 2. The SMILES string of the molecule is CCCCCCCCCCCCC(=O)OC[C@H](COP(=O)(O)OC[C@H](O)COP(=O)(O)OC[C@@H](COC(=O)CCCCCCCCCCCCCCCCCC(C)C)OC(=O)CCCCCCCCCCCCCCCCCCC(C)C)OC(=O)CCCCCCCCCCC(C)CC. The predicted molar refractivity (Wildman–Crippen MR) is 405 cm³/mol. The van der Waals surface area contributed by atoms with Crippen LogP contribution < -0.4 is 0 Å². The van der Waals surface area contributed by atoms with Crippen LogP contribution in [0, 0.1) is 17.8 Å². The molecule has 0 bridgehead atoms. The molecule has 19 heteroatoms. The summed E-state index contributed by atoms with van der Waals surface area (Å²) < 4.78 is 68.7. The van der Waals surface area contributed by atoms with Gasteiger partial charge in [-0.05, 0) is 43.4 Å². The molecular formula is C80H156O17P2. The number of hydrogen-bond acceptors (Lipinski definition) is 15. The van der Waals surface area contributed by atoms with Crippen molar-refractivity contribution < 1.29 is 80.2 Å². The van der Waals surface area contributed by atoms with Crippen LogP contribution in [0.4, 0.5) is 0 Å². The standard InChI is InChI=1S/C80H156O17P2/c1-8-10-11-12-13-14-32-40-47-54-61-77(82)90-68-76(97-80(85)64-57-50-43-36-35-39-46-53-60-73(7)9-2)70-95-99(88,89)93-66-74(81)65-92-98(86,87)94-69-75(67-91-78(83)62-55-48-41-33-28-24-21-17-19-23-27-31-38-45-52-59-72(5)6)96-79(84)63-56-49-42-34-29-25-20-16-15-18-22-26-30-37-44-51-58-71(3)4/h71-76,81H,8-70H2,1-7H3,(H,86,87)(H,88,89)/t73?,74-,75-,76-/m1/s1. The minimum Gasteiger partial charge on any atom is -0.462 e. The molecule has 0 aliphatic rings. The van der Waals surface area contributed by atoms with E-state index in [9.17, 15) is 43.2 Å². The summed E-state index contributed by atoms with van der Waals surface area (Å²) in [6.07, 6.45) is 58.2. The molecule has 0 aliphatic heterocycles. The molecule has 0 saturated heterocycles. The number of aliphatic hydroxyl groups excluding tert-OH is 1. The predicted octanol–water partition coefficient (Wildman–Crippen LogP) is 23.7. The molecule has 0 heterocycles. The molecule has 0 aliphatic carbocycles. The topological polar surface area (TPSA) is 237 Å². The highest BCUT2D eigenvalue weighted by Crippen LogP contribution is 2.45. The van der Waals surface area contributed by atoms with Crippen molar-refractivity contribution in [1.29, 1.82) is 0 Å². The number of ether oxygens (including phenoxy) is 4. The lowest BCUT2D eigenvalue weighted by molar-refractivity contribution is -0.161. The van der Waals surface area contributed by atoms with Gasteiger partial charge in [-0.25, -0.2) is 9.13 Å². The number of esters is 4. The van der Waals surface area contributed by atoms with Gasteiger partial charge in [0.2, 0.25) is 0 Å². The molecule has 0 aromatic rings. The van der Waals surface area contributed by atoms with Crippen molar-refractivity contribution in [2.45, 2.75) is 433 Å². The summed E-state index contributed by atoms with van der Waals surface area (Å²) in [7, 11) is -9.92. The number of aliphatic hydroxyl groups is 1. The molecule has 0 saturated carbocycles. The lowest BCUT2D eigenvalue weighted by atomic mass is 9.99. The molecule has 17 nitrogen and oxygen atoms in total. The van der Waals surface area contributed by atoms with Crippen LogP contribution in [0.5, 0.6) is 0 Å². The van der Waals surface area contributed by atoms with Crippen molar-refractivity contribution in [2.75, 3.05) is 39.6 Å². The van der Waals surface area contributed by atoms with Gasteiger partial charge in [0.25, 0.3) is 0 Å². The number of phosphoric acid groups is 2. The van der Waals surface area contributed by atoms with E-state index in [-0.39, 0.29) is 25.7 Å². The van der Waals surface area contributed by atoms with Crippen molar-refractivity contribution in [2.24, 2.45) is 17.8 Å². The number of unbranched alkanes of at least 4 members (excludes halogenated alkanes) is 45. The summed E-state index contributed by atoms with van der Waals surface area (Å²) in [5.74, 6) is 0.272. The third-order valence-electron chi connectivity index (χ3n) is 19.0. The summed E-state index contributed by atoms with van der Waals surface area (Å²) >= 11 is 0. The van der Waals surface area contributed by atoms with E-state index >= 15 is 0 Å². The Morgan fingerprint density at radius 2 is 0.515 bits per heavy atom. The van der Waals surface area contributed by atoms with Gasteiger partial charge in [0, 0.05) is 25.7 Å². The molecule has 0 aromatic carbocycles. The fraction of sp³-hybridized carbons (Fsp3) is 0.950. The van der Waals surface area contributed by atoms with E-state index in [1.807, 2.05) is 0 Å². The van der Waals surface area contributed by atoms with E-state index in [4.69, 9.17) is 37.0 Å². The Labute approximate surface area is 607 Å². The second kappa shape index (κ2) is 70.4. The molecule has 0 rings (SSSR count). The quantitative estimate of drug-likeness (QED) is 0.0222. The molecular weight excluding hydrogens is 1290 g/mol. The monoisotopic (exact) mass is 1450 g/mol. The summed E-state index contributed by atoms with van der Waals surface area (Å²) in [5.41, 5.74) is 0. The number of carbonyl (C=O) groups excluding carboxylic acids is 4. The fourth-order valence-electron chi connectivity index (χ4n) is 12.3. The second-order valence-corrected chi connectivity index (χ2v) is 32.9. The third-order valence-corrected chi connectivity index (χ3v) is 20.9. The highest BCUT2D eigenvalue weighted by atomic mass is 31.2. The fourth-order valence-corrected chi connectivity index (χ4v) is 13.9. The van der Waals surface area contributed by atoms with Gasteiger partial charge >= 0.3 is 39.5 Å². The van der Waals surface area contributed by atoms with Gasteiger partial charge < -0.3 is 33.8 Å². The van der Waals surface area contributed by atoms with Crippen LogP contribution in [0.15, 0.2) is 0 Å². The van der Waals surface area contributed by atoms with Gasteiger partial charge in [0.05, 0.1) is 26.4 Å². The van der Waals surface area contributed by atoms with E-state index in [2.05, 4.69) is 48.5 Å². The van der Waals surface area contributed by atoms with Crippen LogP contribution in [0.1, 0.15) is 414 Å². The normalized spacial score (nSPS) is 14.3. The Morgan fingerprint density at radius 1 is 0.293 bits per heavy atom. The Kier molecular flexibility index (Phi) is 69.0. The van der Waals surface area contributed by atoms with E-state index in [1.54, 1.807) is 0 Å². The van der Waals surface area contributed by atoms with Crippen LogP contribution in [0.2, 0.25) is 0 Å². The van der Waals surface area contributed by atoms with Gasteiger partial charge in [0.1, 0.15) is 19.3 Å². The molecule has 0 spiro atoms. The Hall–Kier alpha value is -1.94. The zero-order valence-electron chi connectivity index (χ0n) is 65.0. The van der Waals surface area contributed by atoms with Gasteiger partial charge in [-0.15, -0.1) is 0 Å². The zero-order chi connectivity index (χ0) is 73.0. The number of carbonyl (C=O) groups is 4. The molecule has 0 amide bonds. The largest absolute Gasteiger partial charge is 0.472 e. The van der Waals surface area contributed by atoms with Crippen LogP contribution in [0.25, 0.3) is 0 Å². The first-order valence-corrected chi connectivity index (χ1v) is 44.4. The minimum atomic E-state index is -4.96. The van der Waals surface area contributed by atoms with Crippen molar-refractivity contribution >= 4 is 39.5 Å². The first-order chi connectivity index (χ1) is 47.8. The van der Waals surface area contributed by atoms with Gasteiger partial charge in [-0.3, -0.25) is 37.3 Å². The smallest absolute Gasteiger partial charge is 0.462 e. The van der Waals surface area contributed by atoms with Gasteiger partial charge in [-0.2, -0.15) is 0 Å². The summed E-state index contributed by atoms with van der Waals surface area (Å²) in [6, 6.07) is 0. The van der Waals surface area contributed by atoms with Crippen LogP contribution in [0.3, 0.4) is 0 Å². The molecule has 588 valence electrons. The molecule has 3 unspecified atom stereocenters. The molecule has 3 N–H and O–H groups in total. The first kappa shape index (κ1) is 97.1. The van der Waals surface area contributed by atoms with Crippen molar-refractivity contribution in [3.63, 3.8) is 0 Å². The van der Waals surface area contributed by atoms with Gasteiger partial charge in [0.15, 0.2) is 12.2 Å². The molecule has 99 heavy (non-hydrogen) atoms. The lowest BCUT2D eigenvalue weighted by Gasteiger charge is -2.21. The van der Waals surface area contributed by atoms with Crippen molar-refractivity contribution in [3.8, 4) is 0 Å². The van der Waals surface area contributed by atoms with E-state index in [0.29, 0.717) is 25.7 Å². The van der Waals surface area contributed by atoms with E-state index in [0.717, 1.165) is 108 Å². The maximum Gasteiger partial charge on any atom is 0.472 e. The zero-order valence-corrected chi connectivity index (χ0v) is 66.8. The van der Waals surface area contributed by atoms with Crippen molar-refractivity contribution in [3.05, 3.63) is 0 Å². The van der Waals surface area contributed by atoms with Crippen LogP contribution in [-0.4, -0.2) is 96.7 Å². The average Bonchev–Trinajstić information content (AvgIpc) is 1.19. The van der Waals surface area contributed by atoms with E-state index in [1.165, 1.54) is 225 Å². The highest BCUT2D eigenvalue weighted by molar-refractivity contribution is 7.47. The summed E-state index contributed by atoms with van der Waals surface area (Å²) in [4.78, 5) is 72.9. The number of rotatable bonds is 78. The highest BCUT2D eigenvalue weighted by Gasteiger charge is 2.30. The first-order valence-electron chi connectivity index (χ1n) is 41.4. The minimum absolute atomic E-state index is 0.105. The van der Waals surface area contributed by atoms with Crippen LogP contribution in [-0.2, 0) is 65.4 Å². The molecule has 0 aromatic heterocycles. The maximum absolute atomic E-state index is 13.1. The second-order valence-electron chi connectivity index (χ2n) is 30.0. The van der Waals surface area contributed by atoms with E-state index < -0.39 is 97.5 Å². The van der Waals surface area contributed by atoms with Crippen LogP contribution >= 0.6 is 15.6 Å². The summed E-state index contributed by atoms with van der Waals surface area (Å²) in [5, 5.41) is 10.6. The van der Waals surface area contributed by atoms with Gasteiger partial charge in [-0.1, -0.05) is 363 Å². The Balaban J connectivity index is 5.23. The van der Waals surface area contributed by atoms with Crippen molar-refractivity contribution in [1.82, 2.24) is 0 Å². The average molecular weight is 1450 g/mol. The summed E-state index contributed by atoms with van der Waals surface area (Å²) in [6.45, 7) is 12.0. The Bertz CT molecular complexity index is 1920. The molecule has 6 atom stereocenters. The third kappa shape index (κ3) is 72.8. The maximum atomic E-state index is 13.1.